The predicted octanol–water partition coefficient (Wildman–Crippen LogP) is 3.95. The minimum atomic E-state index is -0.756. The van der Waals surface area contributed by atoms with Crippen molar-refractivity contribution in [2.24, 2.45) is 0 Å². The maximum Gasteiger partial charge on any atom is 0.161 e. The highest BCUT2D eigenvalue weighted by atomic mass is 32.1. The molecule has 3 rings (SSSR count). The van der Waals surface area contributed by atoms with E-state index in [1.807, 2.05) is 0 Å². The van der Waals surface area contributed by atoms with Gasteiger partial charge in [0.2, 0.25) is 0 Å². The molecule has 2 aromatic rings. The van der Waals surface area contributed by atoms with Gasteiger partial charge in [-0.15, -0.1) is 11.3 Å². The van der Waals surface area contributed by atoms with Crippen molar-refractivity contribution in [3.05, 3.63) is 57.8 Å². The van der Waals surface area contributed by atoms with E-state index in [2.05, 4.69) is 53.6 Å². The van der Waals surface area contributed by atoms with Crippen LogP contribution in [0.3, 0.4) is 0 Å². The summed E-state index contributed by atoms with van der Waals surface area (Å²) in [7, 11) is 3.30. The molecule has 1 saturated heterocycles. The zero-order valence-corrected chi connectivity index (χ0v) is 16.7. The summed E-state index contributed by atoms with van der Waals surface area (Å²) in [5.74, 6) is 0. The molecule has 1 aliphatic rings. The first kappa shape index (κ1) is 19.5. The van der Waals surface area contributed by atoms with Gasteiger partial charge in [-0.1, -0.05) is 30.3 Å². The Balaban J connectivity index is 1.68. The van der Waals surface area contributed by atoms with Crippen molar-refractivity contribution < 1.29 is 14.6 Å². The van der Waals surface area contributed by atoms with Gasteiger partial charge in [0, 0.05) is 44.6 Å². The van der Waals surface area contributed by atoms with Crippen LogP contribution in [0.5, 0.6) is 0 Å². The highest BCUT2D eigenvalue weighted by Gasteiger charge is 2.37. The monoisotopic (exact) mass is 375 g/mol. The molecule has 1 aromatic carbocycles. The second-order valence-corrected chi connectivity index (χ2v) is 8.02. The van der Waals surface area contributed by atoms with Gasteiger partial charge in [-0.3, -0.25) is 4.90 Å². The summed E-state index contributed by atoms with van der Waals surface area (Å²) >= 11 is 1.67. The number of hydrogen-bond donors (Lipinski definition) is 1. The molecule has 26 heavy (non-hydrogen) atoms. The highest BCUT2D eigenvalue weighted by molar-refractivity contribution is 7.10. The van der Waals surface area contributed by atoms with Gasteiger partial charge >= 0.3 is 0 Å². The molecule has 0 radical (unpaired) electrons. The fourth-order valence-corrected chi connectivity index (χ4v) is 4.81. The Morgan fingerprint density at radius 3 is 2.38 bits per heavy atom. The summed E-state index contributed by atoms with van der Waals surface area (Å²) < 4.78 is 10.7. The largest absolute Gasteiger partial charge is 0.385 e. The van der Waals surface area contributed by atoms with Gasteiger partial charge in [0.1, 0.15) is 0 Å². The van der Waals surface area contributed by atoms with E-state index < -0.39 is 5.60 Å². The van der Waals surface area contributed by atoms with Crippen LogP contribution in [0.4, 0.5) is 0 Å². The second kappa shape index (κ2) is 8.63. The first-order valence-electron chi connectivity index (χ1n) is 9.21. The molecule has 5 heteroatoms. The zero-order chi connectivity index (χ0) is 18.6. The standard InChI is InChI=1S/C21H29NO3S/c1-16(17-7-5-4-6-8-17)22-12-10-21(23,11-13-22)18-9-14-26-19(18)15-20(24-2)25-3/h4-9,14,16,20,23H,10-13,15H2,1-3H3. The Kier molecular flexibility index (Phi) is 6.48. The molecule has 142 valence electrons. The van der Waals surface area contributed by atoms with Crippen LogP contribution in [-0.2, 0) is 21.5 Å². The van der Waals surface area contributed by atoms with Gasteiger partial charge in [0.25, 0.3) is 0 Å². The minimum Gasteiger partial charge on any atom is -0.385 e. The van der Waals surface area contributed by atoms with Gasteiger partial charge in [-0.2, -0.15) is 0 Å². The Labute approximate surface area is 160 Å². The Hall–Kier alpha value is -1.24. The lowest BCUT2D eigenvalue weighted by Crippen LogP contribution is -2.43. The van der Waals surface area contributed by atoms with Gasteiger partial charge in [0.15, 0.2) is 6.29 Å². The zero-order valence-electron chi connectivity index (χ0n) is 15.9. The molecule has 1 aromatic heterocycles. The topological polar surface area (TPSA) is 41.9 Å². The molecule has 1 fully saturated rings. The third-order valence-electron chi connectivity index (χ3n) is 5.58. The SMILES string of the molecule is COC(Cc1sccc1C1(O)CCN(C(C)c2ccccc2)CC1)OC. The van der Waals surface area contributed by atoms with Crippen molar-refractivity contribution in [1.82, 2.24) is 4.90 Å². The fourth-order valence-electron chi connectivity index (χ4n) is 3.82. The summed E-state index contributed by atoms with van der Waals surface area (Å²) in [6, 6.07) is 13.0. The van der Waals surface area contributed by atoms with Crippen molar-refractivity contribution >= 4 is 11.3 Å². The van der Waals surface area contributed by atoms with Crippen molar-refractivity contribution in [3.63, 3.8) is 0 Å². The number of hydrogen-bond acceptors (Lipinski definition) is 5. The second-order valence-electron chi connectivity index (χ2n) is 7.02. The number of thiophene rings is 1. The van der Waals surface area contributed by atoms with Crippen LogP contribution >= 0.6 is 11.3 Å². The molecular formula is C21H29NO3S. The first-order valence-corrected chi connectivity index (χ1v) is 10.1. The summed E-state index contributed by atoms with van der Waals surface area (Å²) in [4.78, 5) is 3.62. The van der Waals surface area contributed by atoms with Crippen LogP contribution in [0.1, 0.15) is 41.8 Å². The van der Waals surface area contributed by atoms with E-state index in [0.717, 1.165) is 36.4 Å². The van der Waals surface area contributed by atoms with E-state index in [1.165, 1.54) is 5.56 Å². The average Bonchev–Trinajstić information content (AvgIpc) is 3.16. The van der Waals surface area contributed by atoms with Crippen LogP contribution in [0, 0.1) is 0 Å². The van der Waals surface area contributed by atoms with Crippen LogP contribution in [0.15, 0.2) is 41.8 Å². The summed E-state index contributed by atoms with van der Waals surface area (Å²) in [5, 5.41) is 13.4. The molecule has 0 spiro atoms. The van der Waals surface area contributed by atoms with E-state index >= 15 is 0 Å². The predicted molar refractivity (Wildman–Crippen MR) is 105 cm³/mol. The number of ether oxygens (including phenoxy) is 2. The number of aliphatic hydroxyl groups is 1. The molecular weight excluding hydrogens is 346 g/mol. The summed E-state index contributed by atoms with van der Waals surface area (Å²) in [5.41, 5.74) is 1.62. The molecule has 1 unspecified atom stereocenters. The molecule has 0 saturated carbocycles. The van der Waals surface area contributed by atoms with Crippen molar-refractivity contribution in [1.29, 1.82) is 0 Å². The molecule has 4 nitrogen and oxygen atoms in total. The van der Waals surface area contributed by atoms with E-state index in [1.54, 1.807) is 25.6 Å². The molecule has 0 aliphatic carbocycles. The number of likely N-dealkylation sites (tertiary alicyclic amines) is 1. The molecule has 2 heterocycles. The lowest BCUT2D eigenvalue weighted by Gasteiger charge is -2.41. The Morgan fingerprint density at radius 1 is 1.12 bits per heavy atom. The molecule has 1 atom stereocenters. The van der Waals surface area contributed by atoms with Gasteiger partial charge in [-0.05, 0) is 42.3 Å². The van der Waals surface area contributed by atoms with Crippen molar-refractivity contribution in [2.45, 2.75) is 44.1 Å². The van der Waals surface area contributed by atoms with Gasteiger partial charge < -0.3 is 14.6 Å². The lowest BCUT2D eigenvalue weighted by molar-refractivity contribution is -0.101. The number of benzene rings is 1. The fraction of sp³-hybridized carbons (Fsp3) is 0.524. The van der Waals surface area contributed by atoms with Crippen LogP contribution in [-0.4, -0.2) is 43.6 Å². The van der Waals surface area contributed by atoms with Crippen LogP contribution in [0.25, 0.3) is 0 Å². The third-order valence-corrected chi connectivity index (χ3v) is 6.52. The maximum atomic E-state index is 11.3. The lowest BCUT2D eigenvalue weighted by atomic mass is 9.83. The van der Waals surface area contributed by atoms with Crippen molar-refractivity contribution in [2.75, 3.05) is 27.3 Å². The first-order chi connectivity index (χ1) is 12.6. The number of piperidine rings is 1. The average molecular weight is 376 g/mol. The van der Waals surface area contributed by atoms with E-state index in [-0.39, 0.29) is 6.29 Å². The quantitative estimate of drug-likeness (QED) is 0.744. The normalized spacial score (nSPS) is 19.0. The highest BCUT2D eigenvalue weighted by Crippen LogP contribution is 2.39. The van der Waals surface area contributed by atoms with Crippen molar-refractivity contribution in [3.8, 4) is 0 Å². The van der Waals surface area contributed by atoms with Crippen LogP contribution < -0.4 is 0 Å². The maximum absolute atomic E-state index is 11.3. The van der Waals surface area contributed by atoms with Crippen LogP contribution in [0.2, 0.25) is 0 Å². The molecule has 1 aliphatic heterocycles. The smallest absolute Gasteiger partial charge is 0.161 e. The molecule has 0 amide bonds. The number of methoxy groups -OCH3 is 2. The Morgan fingerprint density at radius 2 is 1.77 bits per heavy atom. The van der Waals surface area contributed by atoms with Gasteiger partial charge in [0.05, 0.1) is 5.60 Å². The number of nitrogens with zero attached hydrogens (tertiary/aromatic N) is 1. The minimum absolute atomic E-state index is 0.269. The molecule has 0 bridgehead atoms. The Bertz CT molecular complexity index is 676. The molecule has 1 N–H and O–H groups in total. The third kappa shape index (κ3) is 4.18. The number of rotatable bonds is 7. The van der Waals surface area contributed by atoms with Gasteiger partial charge in [-0.25, -0.2) is 0 Å². The van der Waals surface area contributed by atoms with E-state index in [9.17, 15) is 5.11 Å². The summed E-state index contributed by atoms with van der Waals surface area (Å²) in [6.07, 6.45) is 1.90. The van der Waals surface area contributed by atoms with E-state index in [4.69, 9.17) is 9.47 Å². The van der Waals surface area contributed by atoms with E-state index in [0.29, 0.717) is 12.5 Å². The summed E-state index contributed by atoms with van der Waals surface area (Å²) in [6.45, 7) is 4.02.